The molecule has 0 fully saturated rings. The monoisotopic (exact) mass is 231 g/mol. The highest BCUT2D eigenvalue weighted by atomic mass is 32.2. The molecule has 0 aromatic carbocycles. The molecule has 1 aromatic heterocycles. The predicted octanol–water partition coefficient (Wildman–Crippen LogP) is 1.16. The van der Waals surface area contributed by atoms with Crippen LogP contribution in [-0.4, -0.2) is 14.2 Å². The van der Waals surface area contributed by atoms with Crippen molar-refractivity contribution in [2.45, 2.75) is 25.9 Å². The fraction of sp³-hybridized carbons (Fsp3) is 0.444. The van der Waals surface area contributed by atoms with E-state index in [4.69, 9.17) is 9.56 Å². The number of furan rings is 1. The highest BCUT2D eigenvalue weighted by molar-refractivity contribution is 7.89. The molecule has 0 spiro atoms. The number of hydrogen-bond donors (Lipinski definition) is 1. The molecule has 0 aliphatic rings. The fourth-order valence-electron chi connectivity index (χ4n) is 0.965. The van der Waals surface area contributed by atoms with Crippen molar-refractivity contribution in [3.05, 3.63) is 17.9 Å². The molecule has 84 valence electrons. The van der Waals surface area contributed by atoms with Crippen LogP contribution in [0.2, 0.25) is 0 Å². The van der Waals surface area contributed by atoms with Crippen molar-refractivity contribution < 1.29 is 17.6 Å². The van der Waals surface area contributed by atoms with E-state index in [0.717, 1.165) is 0 Å². The summed E-state index contributed by atoms with van der Waals surface area (Å²) in [6.45, 7) is 5.15. The van der Waals surface area contributed by atoms with Gasteiger partial charge in [-0.05, 0) is 12.1 Å². The predicted molar refractivity (Wildman–Crippen MR) is 53.9 cm³/mol. The first-order valence-corrected chi connectivity index (χ1v) is 5.84. The Morgan fingerprint density at radius 2 is 1.87 bits per heavy atom. The van der Waals surface area contributed by atoms with Gasteiger partial charge in [0.1, 0.15) is 0 Å². The molecule has 5 nitrogen and oxygen atoms in total. The van der Waals surface area contributed by atoms with E-state index in [-0.39, 0.29) is 11.5 Å². The van der Waals surface area contributed by atoms with Crippen LogP contribution < -0.4 is 5.14 Å². The van der Waals surface area contributed by atoms with E-state index in [0.29, 0.717) is 0 Å². The van der Waals surface area contributed by atoms with E-state index in [1.807, 2.05) is 0 Å². The van der Waals surface area contributed by atoms with Crippen LogP contribution in [0.4, 0.5) is 0 Å². The Balaban J connectivity index is 3.12. The van der Waals surface area contributed by atoms with E-state index >= 15 is 0 Å². The number of carbonyl (C=O) groups excluding carboxylic acids is 1. The molecule has 1 heterocycles. The Hall–Kier alpha value is -1.14. The van der Waals surface area contributed by atoms with Crippen LogP contribution in [0.15, 0.2) is 21.6 Å². The molecule has 0 unspecified atom stereocenters. The Morgan fingerprint density at radius 3 is 2.20 bits per heavy atom. The summed E-state index contributed by atoms with van der Waals surface area (Å²) in [4.78, 5) is 11.7. The van der Waals surface area contributed by atoms with Gasteiger partial charge in [-0.15, -0.1) is 0 Å². The van der Waals surface area contributed by atoms with Gasteiger partial charge < -0.3 is 4.42 Å². The first-order valence-electron chi connectivity index (χ1n) is 4.30. The number of carbonyl (C=O) groups is 1. The van der Waals surface area contributed by atoms with Crippen molar-refractivity contribution in [1.29, 1.82) is 0 Å². The third-order valence-electron chi connectivity index (χ3n) is 1.77. The summed E-state index contributed by atoms with van der Waals surface area (Å²) in [5.74, 6) is -0.260. The molecule has 0 radical (unpaired) electrons. The molecule has 0 atom stereocenters. The average molecular weight is 231 g/mol. The summed E-state index contributed by atoms with van der Waals surface area (Å²) in [5, 5.41) is 4.45. The number of hydrogen-bond acceptors (Lipinski definition) is 4. The van der Waals surface area contributed by atoms with E-state index in [1.165, 1.54) is 12.1 Å². The normalized spacial score (nSPS) is 12.8. The summed E-state index contributed by atoms with van der Waals surface area (Å²) < 4.78 is 26.7. The van der Waals surface area contributed by atoms with Gasteiger partial charge in [0.25, 0.3) is 10.0 Å². The van der Waals surface area contributed by atoms with E-state index in [1.54, 1.807) is 20.8 Å². The molecule has 6 heteroatoms. The van der Waals surface area contributed by atoms with Gasteiger partial charge in [-0.1, -0.05) is 20.8 Å². The summed E-state index contributed by atoms with van der Waals surface area (Å²) in [5.41, 5.74) is -0.618. The second-order valence-electron chi connectivity index (χ2n) is 4.24. The standard InChI is InChI=1S/C9H13NO4S/c1-9(2,3)8(11)6-4-5-7(14-6)15(10,12)13/h4-5H,1-3H3,(H2,10,12,13). The van der Waals surface area contributed by atoms with Gasteiger partial charge in [0.2, 0.25) is 10.9 Å². The van der Waals surface area contributed by atoms with Crippen LogP contribution in [-0.2, 0) is 10.0 Å². The van der Waals surface area contributed by atoms with Gasteiger partial charge in [-0.3, -0.25) is 4.79 Å². The number of ketones is 1. The zero-order valence-electron chi connectivity index (χ0n) is 8.77. The van der Waals surface area contributed by atoms with Gasteiger partial charge in [0, 0.05) is 5.41 Å². The van der Waals surface area contributed by atoms with Gasteiger partial charge in [0.05, 0.1) is 0 Å². The number of primary sulfonamides is 1. The zero-order chi connectivity index (χ0) is 11.9. The SMILES string of the molecule is CC(C)(C)C(=O)c1ccc(S(N)(=O)=O)o1. The molecule has 0 saturated heterocycles. The van der Waals surface area contributed by atoms with Gasteiger partial charge in [0.15, 0.2) is 5.76 Å². The Labute approximate surface area is 88.3 Å². The van der Waals surface area contributed by atoms with Crippen molar-refractivity contribution in [3.63, 3.8) is 0 Å². The van der Waals surface area contributed by atoms with E-state index < -0.39 is 20.5 Å². The quantitative estimate of drug-likeness (QED) is 0.773. The highest BCUT2D eigenvalue weighted by Crippen LogP contribution is 2.23. The summed E-state index contributed by atoms with van der Waals surface area (Å²) in [6.07, 6.45) is 0. The van der Waals surface area contributed by atoms with Crippen molar-refractivity contribution >= 4 is 15.8 Å². The summed E-state index contributed by atoms with van der Waals surface area (Å²) in [6, 6.07) is 2.49. The smallest absolute Gasteiger partial charge is 0.271 e. The fourth-order valence-corrected chi connectivity index (χ4v) is 1.43. The largest absolute Gasteiger partial charge is 0.440 e. The van der Waals surface area contributed by atoms with Crippen molar-refractivity contribution in [2.75, 3.05) is 0 Å². The molecule has 15 heavy (non-hydrogen) atoms. The summed E-state index contributed by atoms with van der Waals surface area (Å²) >= 11 is 0. The molecule has 0 bridgehead atoms. The lowest BCUT2D eigenvalue weighted by molar-refractivity contribution is 0.0823. The van der Waals surface area contributed by atoms with Gasteiger partial charge in [-0.25, -0.2) is 13.6 Å². The minimum absolute atomic E-state index is 0.00604. The second kappa shape index (κ2) is 3.46. The molecule has 0 amide bonds. The van der Waals surface area contributed by atoms with Crippen LogP contribution in [0.3, 0.4) is 0 Å². The molecule has 2 N–H and O–H groups in total. The molecular formula is C9H13NO4S. The van der Waals surface area contributed by atoms with Crippen LogP contribution in [0.5, 0.6) is 0 Å². The molecule has 1 aromatic rings. The molecule has 0 aliphatic carbocycles. The van der Waals surface area contributed by atoms with Crippen LogP contribution in [0.1, 0.15) is 31.3 Å². The first kappa shape index (κ1) is 11.9. The topological polar surface area (TPSA) is 90.4 Å². The molecule has 0 saturated carbocycles. The van der Waals surface area contributed by atoms with Crippen LogP contribution in [0, 0.1) is 5.41 Å². The van der Waals surface area contributed by atoms with Crippen LogP contribution >= 0.6 is 0 Å². The molecule has 1 rings (SSSR count). The van der Waals surface area contributed by atoms with Crippen LogP contribution in [0.25, 0.3) is 0 Å². The van der Waals surface area contributed by atoms with Crippen molar-refractivity contribution in [3.8, 4) is 0 Å². The lowest BCUT2D eigenvalue weighted by Gasteiger charge is -2.13. The highest BCUT2D eigenvalue weighted by Gasteiger charge is 2.27. The maximum Gasteiger partial charge on any atom is 0.271 e. The number of sulfonamides is 1. The Morgan fingerprint density at radius 1 is 1.33 bits per heavy atom. The van der Waals surface area contributed by atoms with E-state index in [9.17, 15) is 13.2 Å². The minimum atomic E-state index is -3.88. The first-order chi connectivity index (χ1) is 6.62. The minimum Gasteiger partial charge on any atom is -0.440 e. The average Bonchev–Trinajstić information content (AvgIpc) is 2.47. The lowest BCUT2D eigenvalue weighted by Crippen LogP contribution is -2.19. The van der Waals surface area contributed by atoms with Gasteiger partial charge >= 0.3 is 0 Å². The lowest BCUT2D eigenvalue weighted by atomic mass is 9.89. The maximum atomic E-state index is 11.7. The van der Waals surface area contributed by atoms with Gasteiger partial charge in [-0.2, -0.15) is 0 Å². The number of nitrogens with two attached hydrogens (primary N) is 1. The number of Topliss-reactive ketones (excluding diaryl/α,β-unsaturated/α-hetero) is 1. The van der Waals surface area contributed by atoms with Crippen molar-refractivity contribution in [1.82, 2.24) is 0 Å². The molecule has 0 aliphatic heterocycles. The zero-order valence-corrected chi connectivity index (χ0v) is 9.59. The third kappa shape index (κ3) is 2.66. The number of rotatable bonds is 2. The maximum absolute atomic E-state index is 11.7. The van der Waals surface area contributed by atoms with E-state index in [2.05, 4.69) is 0 Å². The third-order valence-corrected chi connectivity index (χ3v) is 2.55. The Kier molecular flexibility index (Phi) is 2.75. The summed E-state index contributed by atoms with van der Waals surface area (Å²) in [7, 11) is -3.88. The molecular weight excluding hydrogens is 218 g/mol. The van der Waals surface area contributed by atoms with Crippen molar-refractivity contribution in [2.24, 2.45) is 10.6 Å². The Bertz CT molecular complexity index is 478. The second-order valence-corrected chi connectivity index (χ2v) is 5.74.